The van der Waals surface area contributed by atoms with Crippen molar-refractivity contribution < 1.29 is 9.21 Å². The van der Waals surface area contributed by atoms with Crippen molar-refractivity contribution in [1.29, 1.82) is 0 Å². The second kappa shape index (κ2) is 8.14. The van der Waals surface area contributed by atoms with Gasteiger partial charge in [-0.05, 0) is 23.3 Å². The molecule has 0 spiro atoms. The third kappa shape index (κ3) is 3.66. The minimum Gasteiger partial charge on any atom is -0.418 e. The van der Waals surface area contributed by atoms with Gasteiger partial charge in [-0.25, -0.2) is 9.97 Å². The number of nitrogens with zero attached hydrogens (tertiary/aromatic N) is 4. The Morgan fingerprint density at radius 2 is 1.84 bits per heavy atom. The molecule has 0 aliphatic carbocycles. The maximum atomic E-state index is 12.3. The number of aromatic nitrogens is 4. The Bertz CT molecular complexity index is 1420. The zero-order chi connectivity index (χ0) is 22.1. The molecule has 0 saturated carbocycles. The molecule has 8 nitrogen and oxygen atoms in total. The van der Waals surface area contributed by atoms with Crippen LogP contribution in [0.25, 0.3) is 33.7 Å². The van der Waals surface area contributed by atoms with Gasteiger partial charge in [0, 0.05) is 26.2 Å². The van der Waals surface area contributed by atoms with Crippen molar-refractivity contribution in [3.63, 3.8) is 0 Å². The van der Waals surface area contributed by atoms with Gasteiger partial charge in [-0.1, -0.05) is 42.5 Å². The molecule has 3 heterocycles. The summed E-state index contributed by atoms with van der Waals surface area (Å²) in [7, 11) is 3.72. The van der Waals surface area contributed by atoms with E-state index in [4.69, 9.17) is 9.40 Å². The van der Waals surface area contributed by atoms with Gasteiger partial charge in [-0.3, -0.25) is 4.79 Å². The Morgan fingerprint density at radius 3 is 2.66 bits per heavy atom. The minimum absolute atomic E-state index is 0.0224. The molecule has 0 fully saturated rings. The minimum atomic E-state index is -0.0224. The van der Waals surface area contributed by atoms with Crippen LogP contribution in [-0.4, -0.2) is 32.5 Å². The molecule has 0 aliphatic heterocycles. The maximum absolute atomic E-state index is 12.3. The summed E-state index contributed by atoms with van der Waals surface area (Å²) in [6.07, 6.45) is 2.09. The number of pyridine rings is 1. The molecule has 0 radical (unpaired) electrons. The summed E-state index contributed by atoms with van der Waals surface area (Å²) in [5.74, 6) is 1.09. The quantitative estimate of drug-likeness (QED) is 0.430. The fourth-order valence-corrected chi connectivity index (χ4v) is 3.74. The molecule has 0 aliphatic rings. The monoisotopic (exact) mass is 426 g/mol. The summed E-state index contributed by atoms with van der Waals surface area (Å²) < 4.78 is 7.91. The van der Waals surface area contributed by atoms with E-state index in [9.17, 15) is 4.79 Å². The highest BCUT2D eigenvalue weighted by Gasteiger charge is 2.18. The molecule has 3 aromatic heterocycles. The van der Waals surface area contributed by atoms with Crippen LogP contribution in [0.1, 0.15) is 11.1 Å². The molecule has 2 N–H and O–H groups in total. The van der Waals surface area contributed by atoms with Crippen LogP contribution < -0.4 is 10.6 Å². The molecule has 0 atom stereocenters. The predicted molar refractivity (Wildman–Crippen MR) is 123 cm³/mol. The van der Waals surface area contributed by atoms with E-state index in [-0.39, 0.29) is 5.91 Å². The molecule has 1 amide bonds. The molecular formula is C24H22N6O2. The Morgan fingerprint density at radius 1 is 1.03 bits per heavy atom. The van der Waals surface area contributed by atoms with Crippen molar-refractivity contribution in [2.45, 2.75) is 13.0 Å². The molecule has 32 heavy (non-hydrogen) atoms. The van der Waals surface area contributed by atoms with Crippen molar-refractivity contribution in [3.8, 4) is 11.5 Å². The van der Waals surface area contributed by atoms with Crippen LogP contribution >= 0.6 is 0 Å². The normalized spacial score (nSPS) is 11.2. The molecule has 0 unspecified atom stereocenters. The van der Waals surface area contributed by atoms with E-state index in [2.05, 4.69) is 20.6 Å². The lowest BCUT2D eigenvalue weighted by Gasteiger charge is -2.06. The summed E-state index contributed by atoms with van der Waals surface area (Å²) in [6, 6.07) is 17.5. The Kier molecular flexibility index (Phi) is 5.03. The van der Waals surface area contributed by atoms with Gasteiger partial charge in [0.1, 0.15) is 11.0 Å². The number of fused-ring (bicyclic) bond motifs is 3. The lowest BCUT2D eigenvalue weighted by molar-refractivity contribution is -0.120. The van der Waals surface area contributed by atoms with E-state index >= 15 is 0 Å². The van der Waals surface area contributed by atoms with E-state index in [0.717, 1.165) is 27.7 Å². The molecule has 5 rings (SSSR count). The van der Waals surface area contributed by atoms with Gasteiger partial charge in [0.15, 0.2) is 11.3 Å². The number of rotatable bonds is 6. The van der Waals surface area contributed by atoms with Crippen LogP contribution in [0.15, 0.2) is 65.3 Å². The number of hydrogen-bond donors (Lipinski definition) is 2. The lowest BCUT2D eigenvalue weighted by atomic mass is 10.1. The van der Waals surface area contributed by atoms with Gasteiger partial charge in [0.2, 0.25) is 11.8 Å². The van der Waals surface area contributed by atoms with Crippen LogP contribution in [0, 0.1) is 0 Å². The second-order valence-corrected chi connectivity index (χ2v) is 7.58. The van der Waals surface area contributed by atoms with Gasteiger partial charge in [0.25, 0.3) is 5.71 Å². The van der Waals surface area contributed by atoms with Crippen LogP contribution in [0.4, 0.5) is 5.82 Å². The number of benzene rings is 2. The summed E-state index contributed by atoms with van der Waals surface area (Å²) in [6.45, 7) is 0.424. The second-order valence-electron chi connectivity index (χ2n) is 7.58. The van der Waals surface area contributed by atoms with Gasteiger partial charge in [0.05, 0.1) is 12.7 Å². The van der Waals surface area contributed by atoms with Gasteiger partial charge in [-0.15, -0.1) is 0 Å². The smallest absolute Gasteiger partial charge is 0.251 e. The molecule has 5 aromatic rings. The Hall–Kier alpha value is -4.20. The number of imidazole rings is 1. The summed E-state index contributed by atoms with van der Waals surface area (Å²) in [4.78, 5) is 25.9. The van der Waals surface area contributed by atoms with E-state index in [1.54, 1.807) is 13.4 Å². The first-order valence-corrected chi connectivity index (χ1v) is 10.3. The number of nitrogens with one attached hydrogen (secondary N) is 2. The third-order valence-corrected chi connectivity index (χ3v) is 5.32. The Balaban J connectivity index is 1.40. The number of aryl methyl sites for hydroxylation is 1. The van der Waals surface area contributed by atoms with Crippen molar-refractivity contribution in [1.82, 2.24) is 24.8 Å². The van der Waals surface area contributed by atoms with Crippen molar-refractivity contribution in [2.24, 2.45) is 7.05 Å². The number of carbonyl (C=O) groups is 1. The van der Waals surface area contributed by atoms with Crippen molar-refractivity contribution in [2.75, 3.05) is 12.4 Å². The first kappa shape index (κ1) is 19.7. The highest BCUT2D eigenvalue weighted by Crippen LogP contribution is 2.31. The van der Waals surface area contributed by atoms with Crippen molar-refractivity contribution in [3.05, 3.63) is 72.1 Å². The number of hydrogen-bond acceptors (Lipinski definition) is 6. The van der Waals surface area contributed by atoms with Gasteiger partial charge >= 0.3 is 0 Å². The third-order valence-electron chi connectivity index (χ3n) is 5.32. The zero-order valence-electron chi connectivity index (χ0n) is 17.8. The topological polar surface area (TPSA) is 97.9 Å². The lowest BCUT2D eigenvalue weighted by Crippen LogP contribution is -2.24. The number of oxazole rings is 1. The molecular weight excluding hydrogens is 404 g/mol. The fraction of sp³-hybridized carbons (Fsp3) is 0.167. The number of carbonyl (C=O) groups excluding carboxylic acids is 1. The summed E-state index contributed by atoms with van der Waals surface area (Å²) in [5.41, 5.74) is 5.48. The highest BCUT2D eigenvalue weighted by atomic mass is 16.4. The molecule has 8 heteroatoms. The van der Waals surface area contributed by atoms with Gasteiger partial charge < -0.3 is 19.6 Å². The molecule has 2 aromatic carbocycles. The fourth-order valence-electron chi connectivity index (χ4n) is 3.74. The standard InChI is InChI=1S/C24H22N6O2/c1-25-22-19-21(30(2)14-27-19)20-24(29-22)32-23(28-20)17-10-6-9-16(11-17)13-26-18(31)12-15-7-4-3-5-8-15/h3-11,14H,12-13H2,1-2H3,(H,25,29)(H,26,31). The van der Waals surface area contributed by atoms with Crippen molar-refractivity contribution >= 4 is 34.0 Å². The number of anilines is 1. The first-order valence-electron chi connectivity index (χ1n) is 10.3. The van der Waals surface area contributed by atoms with E-state index in [1.165, 1.54) is 0 Å². The van der Waals surface area contributed by atoms with E-state index in [1.807, 2.05) is 66.2 Å². The summed E-state index contributed by atoms with van der Waals surface area (Å²) >= 11 is 0. The average molecular weight is 426 g/mol. The molecule has 0 bridgehead atoms. The predicted octanol–water partition coefficient (Wildman–Crippen LogP) is 3.68. The summed E-state index contributed by atoms with van der Waals surface area (Å²) in [5, 5.41) is 6.04. The van der Waals surface area contributed by atoms with Crippen LogP contribution in [0.2, 0.25) is 0 Å². The molecule has 0 saturated heterocycles. The van der Waals surface area contributed by atoms with Gasteiger partial charge in [-0.2, -0.15) is 4.98 Å². The largest absolute Gasteiger partial charge is 0.418 e. The van der Waals surface area contributed by atoms with Crippen LogP contribution in [0.5, 0.6) is 0 Å². The average Bonchev–Trinajstić information content (AvgIpc) is 3.41. The maximum Gasteiger partial charge on any atom is 0.251 e. The zero-order valence-corrected chi connectivity index (χ0v) is 17.8. The Labute approximate surface area is 184 Å². The molecule has 160 valence electrons. The SMILES string of the molecule is CNc1nc2oc(-c3cccc(CNC(=O)Cc4ccccc4)c3)nc2c2c1ncn2C. The first-order chi connectivity index (χ1) is 15.6. The van der Waals surface area contributed by atoms with E-state index < -0.39 is 0 Å². The van der Waals surface area contributed by atoms with Crippen LogP contribution in [-0.2, 0) is 24.8 Å². The van der Waals surface area contributed by atoms with E-state index in [0.29, 0.717) is 35.9 Å². The van der Waals surface area contributed by atoms with Crippen LogP contribution in [0.3, 0.4) is 0 Å². The highest BCUT2D eigenvalue weighted by molar-refractivity contribution is 6.03. The number of amides is 1.